The summed E-state index contributed by atoms with van der Waals surface area (Å²) in [4.78, 5) is 12.2. The van der Waals surface area contributed by atoms with Crippen LogP contribution in [0.15, 0.2) is 6.20 Å². The van der Waals surface area contributed by atoms with Crippen molar-refractivity contribution in [3.05, 3.63) is 11.8 Å². The summed E-state index contributed by atoms with van der Waals surface area (Å²) in [7, 11) is 1.80. The highest BCUT2D eigenvalue weighted by atomic mass is 16.5. The van der Waals surface area contributed by atoms with E-state index in [4.69, 9.17) is 14.7 Å². The molecule has 3 saturated heterocycles. The minimum atomic E-state index is 0.346. The first kappa shape index (κ1) is 19.1. The van der Waals surface area contributed by atoms with Crippen LogP contribution in [0.3, 0.4) is 0 Å². The van der Waals surface area contributed by atoms with Crippen molar-refractivity contribution in [3.63, 3.8) is 0 Å². The molecule has 0 aromatic carbocycles. The molecule has 158 valence electrons. The zero-order valence-corrected chi connectivity index (χ0v) is 17.8. The Hall–Kier alpha value is -1.93. The lowest BCUT2D eigenvalue weighted by atomic mass is 10.0. The summed E-state index contributed by atoms with van der Waals surface area (Å²) in [5.41, 5.74) is 2.10. The molecule has 2 unspecified atom stereocenters. The number of hydrogen-bond acceptors (Lipinski definition) is 7. The number of fused-ring (bicyclic) bond motifs is 3. The summed E-state index contributed by atoms with van der Waals surface area (Å²) in [6.45, 7) is 6.24. The van der Waals surface area contributed by atoms with Gasteiger partial charge in [0.25, 0.3) is 0 Å². The van der Waals surface area contributed by atoms with Crippen molar-refractivity contribution in [2.75, 3.05) is 30.4 Å². The standard InChI is InChI=1S/C21H33N7O/c1-13(2)18-12-22-28-19(18)25-20(27-8-6-17(29-3)7-9-27)26-21(28)24-16-10-14-4-5-15(11-16)23-14/h12-17,23H,4-11H2,1-3H3,(H,24,25,26). The number of methoxy groups -OCH3 is 1. The van der Waals surface area contributed by atoms with E-state index in [0.717, 1.165) is 56.3 Å². The molecule has 5 heterocycles. The largest absolute Gasteiger partial charge is 0.381 e. The van der Waals surface area contributed by atoms with Gasteiger partial charge in [-0.15, -0.1) is 0 Å². The van der Waals surface area contributed by atoms with Crippen molar-refractivity contribution < 1.29 is 4.74 Å². The Bertz CT molecular complexity index is 846. The molecule has 3 aliphatic rings. The van der Waals surface area contributed by atoms with Gasteiger partial charge in [0.05, 0.1) is 12.3 Å². The van der Waals surface area contributed by atoms with Crippen LogP contribution < -0.4 is 15.5 Å². The van der Waals surface area contributed by atoms with E-state index in [-0.39, 0.29) is 0 Å². The first-order valence-electron chi connectivity index (χ1n) is 11.2. The van der Waals surface area contributed by atoms with Gasteiger partial charge in [0.15, 0.2) is 5.65 Å². The third-order valence-electron chi connectivity index (χ3n) is 6.87. The second-order valence-corrected chi connectivity index (χ2v) is 9.21. The number of aromatic nitrogens is 4. The van der Waals surface area contributed by atoms with E-state index < -0.39 is 0 Å². The van der Waals surface area contributed by atoms with E-state index in [1.54, 1.807) is 7.11 Å². The fourth-order valence-electron chi connectivity index (χ4n) is 5.17. The van der Waals surface area contributed by atoms with E-state index in [2.05, 4.69) is 34.5 Å². The van der Waals surface area contributed by atoms with Crippen LogP contribution in [0.1, 0.15) is 63.9 Å². The fourth-order valence-corrected chi connectivity index (χ4v) is 5.17. The predicted molar refractivity (Wildman–Crippen MR) is 114 cm³/mol. The van der Waals surface area contributed by atoms with Crippen LogP contribution in [0.25, 0.3) is 5.65 Å². The minimum Gasteiger partial charge on any atom is -0.381 e. The van der Waals surface area contributed by atoms with E-state index >= 15 is 0 Å². The lowest BCUT2D eigenvalue weighted by Gasteiger charge is -2.32. The molecule has 8 heteroatoms. The number of nitrogens with zero attached hydrogens (tertiary/aromatic N) is 5. The zero-order valence-electron chi connectivity index (χ0n) is 17.8. The van der Waals surface area contributed by atoms with Crippen molar-refractivity contribution in [2.24, 2.45) is 0 Å². The molecule has 0 spiro atoms. The van der Waals surface area contributed by atoms with Gasteiger partial charge in [-0.25, -0.2) is 0 Å². The number of piperidine rings is 2. The van der Waals surface area contributed by atoms with Gasteiger partial charge >= 0.3 is 0 Å². The fraction of sp³-hybridized carbons (Fsp3) is 0.762. The topological polar surface area (TPSA) is 79.6 Å². The lowest BCUT2D eigenvalue weighted by molar-refractivity contribution is 0.0816. The highest BCUT2D eigenvalue weighted by Crippen LogP contribution is 2.30. The molecule has 29 heavy (non-hydrogen) atoms. The summed E-state index contributed by atoms with van der Waals surface area (Å²) >= 11 is 0. The molecule has 5 rings (SSSR count). The molecule has 2 N–H and O–H groups in total. The Morgan fingerprint density at radius 2 is 1.83 bits per heavy atom. The minimum absolute atomic E-state index is 0.346. The molecule has 2 aromatic heterocycles. The molecule has 2 bridgehead atoms. The van der Waals surface area contributed by atoms with E-state index in [1.165, 1.54) is 18.4 Å². The van der Waals surface area contributed by atoms with Crippen LogP contribution in [-0.4, -0.2) is 64.0 Å². The number of nitrogens with one attached hydrogen (secondary N) is 2. The number of rotatable bonds is 5. The van der Waals surface area contributed by atoms with Gasteiger partial charge in [-0.3, -0.25) is 0 Å². The number of ether oxygens (including phenoxy) is 1. The van der Waals surface area contributed by atoms with Crippen molar-refractivity contribution in [2.45, 2.75) is 82.5 Å². The van der Waals surface area contributed by atoms with Crippen molar-refractivity contribution in [3.8, 4) is 0 Å². The first-order chi connectivity index (χ1) is 14.1. The molecule has 0 radical (unpaired) electrons. The third kappa shape index (κ3) is 3.68. The zero-order chi connectivity index (χ0) is 20.0. The molecule has 8 nitrogen and oxygen atoms in total. The molecular weight excluding hydrogens is 366 g/mol. The number of hydrogen-bond donors (Lipinski definition) is 2. The average molecular weight is 400 g/mol. The quantitative estimate of drug-likeness (QED) is 0.800. The van der Waals surface area contributed by atoms with Gasteiger partial charge in [-0.05, 0) is 44.4 Å². The molecule has 2 atom stereocenters. The van der Waals surface area contributed by atoms with Gasteiger partial charge in [-0.2, -0.15) is 19.6 Å². The Labute approximate surface area is 172 Å². The normalized spacial score (nSPS) is 27.9. The van der Waals surface area contributed by atoms with Crippen LogP contribution in [0, 0.1) is 0 Å². The second-order valence-electron chi connectivity index (χ2n) is 9.21. The third-order valence-corrected chi connectivity index (χ3v) is 6.87. The molecular formula is C21H33N7O. The Kier molecular flexibility index (Phi) is 5.07. The van der Waals surface area contributed by atoms with Crippen molar-refractivity contribution in [1.82, 2.24) is 24.9 Å². The summed E-state index contributed by atoms with van der Waals surface area (Å²) in [6.07, 6.45) is 9.21. The van der Waals surface area contributed by atoms with Gasteiger partial charge in [0.2, 0.25) is 11.9 Å². The first-order valence-corrected chi connectivity index (χ1v) is 11.2. The maximum absolute atomic E-state index is 5.53. The smallest absolute Gasteiger partial charge is 0.230 e. The summed E-state index contributed by atoms with van der Waals surface area (Å²) in [5, 5.41) is 12.1. The maximum atomic E-state index is 5.53. The lowest BCUT2D eigenvalue weighted by Crippen LogP contribution is -2.43. The maximum Gasteiger partial charge on any atom is 0.230 e. The molecule has 0 saturated carbocycles. The monoisotopic (exact) mass is 399 g/mol. The Morgan fingerprint density at radius 3 is 2.48 bits per heavy atom. The highest BCUT2D eigenvalue weighted by molar-refractivity contribution is 5.56. The summed E-state index contributed by atoms with van der Waals surface area (Å²) in [6, 6.07) is 1.71. The summed E-state index contributed by atoms with van der Waals surface area (Å²) in [5.74, 6) is 2.02. The van der Waals surface area contributed by atoms with Gasteiger partial charge < -0.3 is 20.3 Å². The van der Waals surface area contributed by atoms with Gasteiger partial charge in [-0.1, -0.05) is 13.8 Å². The van der Waals surface area contributed by atoms with Crippen LogP contribution in [-0.2, 0) is 4.74 Å². The van der Waals surface area contributed by atoms with Crippen LogP contribution in [0.4, 0.5) is 11.9 Å². The predicted octanol–water partition coefficient (Wildman–Crippen LogP) is 2.56. The SMILES string of the molecule is COC1CCN(c2nc(NC3CC4CCC(C3)N4)n3ncc(C(C)C)c3n2)CC1. The van der Waals surface area contributed by atoms with E-state index in [9.17, 15) is 0 Å². The van der Waals surface area contributed by atoms with Crippen LogP contribution in [0.2, 0.25) is 0 Å². The highest BCUT2D eigenvalue weighted by Gasteiger charge is 2.34. The molecule has 2 aromatic rings. The van der Waals surface area contributed by atoms with E-state index in [0.29, 0.717) is 30.1 Å². The summed E-state index contributed by atoms with van der Waals surface area (Å²) < 4.78 is 7.44. The van der Waals surface area contributed by atoms with Crippen LogP contribution in [0.5, 0.6) is 0 Å². The average Bonchev–Trinajstić information content (AvgIpc) is 3.31. The molecule has 3 aliphatic heterocycles. The Morgan fingerprint density at radius 1 is 1.10 bits per heavy atom. The van der Waals surface area contributed by atoms with Gasteiger partial charge in [0, 0.05) is 43.9 Å². The molecule has 0 amide bonds. The molecule has 0 aliphatic carbocycles. The van der Waals surface area contributed by atoms with Crippen molar-refractivity contribution in [1.29, 1.82) is 0 Å². The molecule has 3 fully saturated rings. The van der Waals surface area contributed by atoms with Gasteiger partial charge in [0.1, 0.15) is 0 Å². The number of anilines is 2. The van der Waals surface area contributed by atoms with E-state index in [1.807, 2.05) is 10.7 Å². The Balaban J connectivity index is 1.46. The second kappa shape index (κ2) is 7.72. The van der Waals surface area contributed by atoms with Crippen LogP contribution >= 0.6 is 0 Å². The van der Waals surface area contributed by atoms with Crippen molar-refractivity contribution >= 4 is 17.5 Å².